The number of aromatic nitrogens is 12. The zero-order valence-corrected chi connectivity index (χ0v) is 40.4. The summed E-state index contributed by atoms with van der Waals surface area (Å²) in [6.45, 7) is 51.8. The molecule has 12 heteroatoms. The monoisotopic (exact) mass is 773 g/mol. The van der Waals surface area contributed by atoms with Crippen molar-refractivity contribution in [3.05, 3.63) is 80.7 Å². The summed E-state index contributed by atoms with van der Waals surface area (Å²) in [4.78, 5) is 7.79. The minimum atomic E-state index is 0.00347. The van der Waals surface area contributed by atoms with Gasteiger partial charge in [0.25, 0.3) is 0 Å². The van der Waals surface area contributed by atoms with Crippen LogP contribution in [-0.4, -0.2) is 58.9 Å². The summed E-state index contributed by atoms with van der Waals surface area (Å²) in [7, 11) is 0. The molecule has 12 nitrogen and oxygen atoms in total. The van der Waals surface area contributed by atoms with Gasteiger partial charge in [0.2, 0.25) is 0 Å². The molecule has 0 aromatic carbocycles. The molecule has 0 radical (unpaired) electrons. The SMILES string of the molecule is CC.CC.CC.CC.CC.CC(C)(C)n1cccc1.CC(C)(C)n1cccn1.CC(C)(C)n1ccnc1.CC(C)(C)n1cncn1.CC(C)(C)n1cnnn1. The van der Waals surface area contributed by atoms with E-state index in [1.54, 1.807) is 36.1 Å². The lowest BCUT2D eigenvalue weighted by Gasteiger charge is -2.20. The smallest absolute Gasteiger partial charge is 0.138 e. The van der Waals surface area contributed by atoms with Crippen molar-refractivity contribution in [2.45, 2.75) is 201 Å². The van der Waals surface area contributed by atoms with Crippen LogP contribution in [0.5, 0.6) is 0 Å². The molecule has 0 aliphatic rings. The molecule has 5 aromatic rings. The van der Waals surface area contributed by atoms with E-state index in [-0.39, 0.29) is 27.7 Å². The lowest BCUT2D eigenvalue weighted by Crippen LogP contribution is -2.22. The molecule has 0 fully saturated rings. The van der Waals surface area contributed by atoms with Crippen LogP contribution in [-0.2, 0) is 27.7 Å². The van der Waals surface area contributed by atoms with E-state index in [1.165, 1.54) is 0 Å². The zero-order chi connectivity index (χ0) is 44.5. The molecule has 0 saturated heterocycles. The second-order valence-electron chi connectivity index (χ2n) is 15.5. The molecule has 0 amide bonds. The molecule has 0 aliphatic heterocycles. The highest BCUT2D eigenvalue weighted by Gasteiger charge is 2.14. The highest BCUT2D eigenvalue weighted by atomic mass is 15.5. The number of hydrogen-bond donors (Lipinski definition) is 0. The molecule has 5 aromatic heterocycles. The van der Waals surface area contributed by atoms with Crippen LogP contribution in [0.25, 0.3) is 0 Å². The Labute approximate surface area is 339 Å². The Morgan fingerprint density at radius 2 is 0.818 bits per heavy atom. The fourth-order valence-electron chi connectivity index (χ4n) is 3.13. The van der Waals surface area contributed by atoms with Gasteiger partial charge in [-0.3, -0.25) is 4.68 Å². The fourth-order valence-corrected chi connectivity index (χ4v) is 3.13. The largest absolute Gasteiger partial charge is 0.349 e. The van der Waals surface area contributed by atoms with Gasteiger partial charge < -0.3 is 9.13 Å². The van der Waals surface area contributed by atoms with Gasteiger partial charge in [-0.15, -0.1) is 5.10 Å². The molecule has 0 atom stereocenters. The topological polar surface area (TPSA) is 115 Å². The Balaban J connectivity index is -0.000000179. The Kier molecular flexibility index (Phi) is 35.2. The maximum atomic E-state index is 4.10. The highest BCUT2D eigenvalue weighted by molar-refractivity contribution is 4.94. The molecule has 0 unspecified atom stereocenters. The normalized spacial score (nSPS) is 10.3. The maximum absolute atomic E-state index is 4.10. The first kappa shape index (κ1) is 60.2. The third-order valence-corrected chi connectivity index (χ3v) is 5.99. The average Bonchev–Trinajstić information content (AvgIpc) is 3.99. The van der Waals surface area contributed by atoms with E-state index in [1.807, 2.05) is 136 Å². The van der Waals surface area contributed by atoms with Gasteiger partial charge in [0.1, 0.15) is 19.0 Å². The molecule has 0 N–H and O–H groups in total. The third-order valence-electron chi connectivity index (χ3n) is 5.99. The standard InChI is InChI=1S/C8H13N.2C7H12N2.C6H11N3.C5H10N4.5C2H6/c1-8(2,3)9-6-4-5-7-9;1-7(2,3)9-5-4-8-6-9;1-7(2,3)9-6-4-5-8-9;1-6(2,3)9-5-7-4-8-9;1-5(2,3)9-4-6-7-8-9;5*1-2/h4-7H,1-3H3;2*4-6H,1-3H3;4-5H,1-3H3;4H,1-3H3;5*1-2H3. The van der Waals surface area contributed by atoms with Crippen LogP contribution >= 0.6 is 0 Å². The first-order chi connectivity index (χ1) is 25.5. The molecule has 320 valence electrons. The van der Waals surface area contributed by atoms with Crippen LogP contribution in [0.4, 0.5) is 0 Å². The Bertz CT molecular complexity index is 1110. The van der Waals surface area contributed by atoms with Crippen LogP contribution in [0.2, 0.25) is 0 Å². The van der Waals surface area contributed by atoms with Gasteiger partial charge >= 0.3 is 0 Å². The highest BCUT2D eigenvalue weighted by Crippen LogP contribution is 2.13. The average molecular weight is 773 g/mol. The van der Waals surface area contributed by atoms with Gasteiger partial charge in [0, 0.05) is 48.3 Å². The van der Waals surface area contributed by atoms with Crippen molar-refractivity contribution < 1.29 is 0 Å². The van der Waals surface area contributed by atoms with Crippen molar-refractivity contribution in [2.24, 2.45) is 0 Å². The molecular weight excluding hydrogens is 685 g/mol. The molecule has 0 saturated carbocycles. The van der Waals surface area contributed by atoms with Gasteiger partial charge in [0.15, 0.2) is 0 Å². The summed E-state index contributed by atoms with van der Waals surface area (Å²) < 4.78 is 9.74. The van der Waals surface area contributed by atoms with E-state index < -0.39 is 0 Å². The van der Waals surface area contributed by atoms with Crippen molar-refractivity contribution in [3.63, 3.8) is 0 Å². The quantitative estimate of drug-likeness (QED) is 0.154. The van der Waals surface area contributed by atoms with Crippen LogP contribution in [0.3, 0.4) is 0 Å². The number of hydrogen-bond acceptors (Lipinski definition) is 7. The van der Waals surface area contributed by atoms with Crippen LogP contribution in [0.1, 0.15) is 173 Å². The second-order valence-corrected chi connectivity index (χ2v) is 15.5. The van der Waals surface area contributed by atoms with Gasteiger partial charge in [-0.25, -0.2) is 19.3 Å². The number of tetrazole rings is 1. The maximum Gasteiger partial charge on any atom is 0.138 e. The van der Waals surface area contributed by atoms with Crippen molar-refractivity contribution in [3.8, 4) is 0 Å². The van der Waals surface area contributed by atoms with Crippen LogP contribution in [0, 0.1) is 0 Å². The van der Waals surface area contributed by atoms with Crippen LogP contribution in [0.15, 0.2) is 80.7 Å². The van der Waals surface area contributed by atoms with Crippen molar-refractivity contribution in [1.82, 2.24) is 58.9 Å². The fraction of sp³-hybridized carbons (Fsp3) is 0.698. The van der Waals surface area contributed by atoms with Crippen molar-refractivity contribution in [1.29, 1.82) is 0 Å². The molecule has 5 heterocycles. The van der Waals surface area contributed by atoms with E-state index in [0.29, 0.717) is 0 Å². The second kappa shape index (κ2) is 32.2. The van der Waals surface area contributed by atoms with Gasteiger partial charge in [-0.1, -0.05) is 69.2 Å². The zero-order valence-electron chi connectivity index (χ0n) is 40.4. The first-order valence-corrected chi connectivity index (χ1v) is 20.2. The van der Waals surface area contributed by atoms with Crippen molar-refractivity contribution >= 4 is 0 Å². The van der Waals surface area contributed by atoms with Gasteiger partial charge in [0.05, 0.1) is 22.9 Å². The predicted octanol–water partition coefficient (Wildman–Crippen LogP) is 12.1. The van der Waals surface area contributed by atoms with E-state index in [0.717, 1.165) is 0 Å². The van der Waals surface area contributed by atoms with E-state index in [4.69, 9.17) is 0 Å². The molecule has 5 rings (SSSR count). The van der Waals surface area contributed by atoms with E-state index >= 15 is 0 Å². The molecule has 0 aliphatic carbocycles. The molecule has 0 spiro atoms. The van der Waals surface area contributed by atoms with Gasteiger partial charge in [-0.05, 0) is 132 Å². The number of rotatable bonds is 0. The number of nitrogens with zero attached hydrogens (tertiary/aromatic N) is 12. The Morgan fingerprint density at radius 3 is 1.00 bits per heavy atom. The summed E-state index contributed by atoms with van der Waals surface area (Å²) in [6.07, 6.45) is 18.4. The summed E-state index contributed by atoms with van der Waals surface area (Å²) in [5, 5.41) is 18.9. The van der Waals surface area contributed by atoms with Crippen LogP contribution < -0.4 is 0 Å². The molecule has 55 heavy (non-hydrogen) atoms. The van der Waals surface area contributed by atoms with E-state index in [2.05, 4.69) is 140 Å². The minimum Gasteiger partial charge on any atom is -0.349 e. The summed E-state index contributed by atoms with van der Waals surface area (Å²) in [5.74, 6) is 0. The first-order valence-electron chi connectivity index (χ1n) is 20.2. The number of imidazole rings is 1. The molecule has 0 bridgehead atoms. The summed E-state index contributed by atoms with van der Waals surface area (Å²) >= 11 is 0. The Hall–Kier alpha value is -4.09. The lowest BCUT2D eigenvalue weighted by molar-refractivity contribution is 0.346. The lowest BCUT2D eigenvalue weighted by atomic mass is 10.1. The summed E-state index contributed by atoms with van der Waals surface area (Å²) in [6, 6.07) is 6.03. The van der Waals surface area contributed by atoms with Crippen molar-refractivity contribution in [2.75, 3.05) is 0 Å². The van der Waals surface area contributed by atoms with Gasteiger partial charge in [-0.2, -0.15) is 10.2 Å². The third kappa shape index (κ3) is 30.9. The predicted molar refractivity (Wildman–Crippen MR) is 238 cm³/mol. The molecular formula is C43H88N12. The minimum absolute atomic E-state index is 0.00347. The summed E-state index contributed by atoms with van der Waals surface area (Å²) in [5.41, 5.74) is 0.615. The van der Waals surface area contributed by atoms with E-state index in [9.17, 15) is 0 Å². The Morgan fingerprint density at radius 1 is 0.364 bits per heavy atom.